The zero-order valence-corrected chi connectivity index (χ0v) is 14.3. The SMILES string of the molecule is NC(=O)[C@@H](Nc1ncnc2scc(-c3ccccc3)c12)[C@H]1CCOC1. The number of benzene rings is 1. The molecule has 2 aromatic heterocycles. The van der Waals surface area contributed by atoms with Crippen LogP contribution in [-0.4, -0.2) is 35.1 Å². The average Bonchev–Trinajstić information content (AvgIpc) is 3.30. The minimum absolute atomic E-state index is 0.0568. The van der Waals surface area contributed by atoms with E-state index in [0.29, 0.717) is 19.0 Å². The van der Waals surface area contributed by atoms with Crippen molar-refractivity contribution in [3.05, 3.63) is 42.0 Å². The van der Waals surface area contributed by atoms with E-state index in [-0.39, 0.29) is 5.92 Å². The van der Waals surface area contributed by atoms with E-state index in [0.717, 1.165) is 27.8 Å². The third-order valence-corrected chi connectivity index (χ3v) is 5.38. The van der Waals surface area contributed by atoms with Crippen LogP contribution < -0.4 is 11.1 Å². The molecule has 1 aliphatic heterocycles. The molecule has 3 N–H and O–H groups in total. The van der Waals surface area contributed by atoms with Crippen molar-refractivity contribution < 1.29 is 9.53 Å². The maximum absolute atomic E-state index is 12.0. The van der Waals surface area contributed by atoms with E-state index < -0.39 is 11.9 Å². The average molecular weight is 354 g/mol. The number of fused-ring (bicyclic) bond motifs is 1. The van der Waals surface area contributed by atoms with Gasteiger partial charge in [-0.15, -0.1) is 11.3 Å². The van der Waals surface area contributed by atoms with Gasteiger partial charge in [0.2, 0.25) is 5.91 Å². The quantitative estimate of drug-likeness (QED) is 0.735. The molecule has 1 fully saturated rings. The van der Waals surface area contributed by atoms with Gasteiger partial charge >= 0.3 is 0 Å². The van der Waals surface area contributed by atoms with Crippen molar-refractivity contribution in [2.45, 2.75) is 12.5 Å². The standard InChI is InChI=1S/C18H18N4O2S/c19-16(23)15(12-6-7-24-8-12)22-17-14-13(11-4-2-1-3-5-11)9-25-18(14)21-10-20-17/h1-5,9-10,12,15H,6-8H2,(H2,19,23)(H,20,21,22)/t12-,15-/m0/s1. The zero-order valence-electron chi connectivity index (χ0n) is 13.5. The summed E-state index contributed by atoms with van der Waals surface area (Å²) in [4.78, 5) is 21.6. The number of thiophene rings is 1. The van der Waals surface area contributed by atoms with Crippen molar-refractivity contribution in [3.63, 3.8) is 0 Å². The van der Waals surface area contributed by atoms with E-state index in [1.807, 2.05) is 18.2 Å². The minimum atomic E-state index is -0.510. The second kappa shape index (κ2) is 6.78. The van der Waals surface area contributed by atoms with Crippen LogP contribution in [0.15, 0.2) is 42.0 Å². The van der Waals surface area contributed by atoms with Crippen LogP contribution in [-0.2, 0) is 9.53 Å². The van der Waals surface area contributed by atoms with Crippen LogP contribution >= 0.6 is 11.3 Å². The van der Waals surface area contributed by atoms with Gasteiger partial charge in [0, 0.05) is 23.5 Å². The van der Waals surface area contributed by atoms with Crippen molar-refractivity contribution >= 4 is 33.3 Å². The number of anilines is 1. The van der Waals surface area contributed by atoms with E-state index in [9.17, 15) is 4.79 Å². The molecule has 1 aromatic carbocycles. The first-order valence-corrected chi connectivity index (χ1v) is 9.03. The van der Waals surface area contributed by atoms with Crippen LogP contribution in [0.2, 0.25) is 0 Å². The Bertz CT molecular complexity index is 890. The fourth-order valence-electron chi connectivity index (χ4n) is 3.20. The summed E-state index contributed by atoms with van der Waals surface area (Å²) < 4.78 is 5.41. The number of amides is 1. The van der Waals surface area contributed by atoms with Crippen molar-refractivity contribution in [3.8, 4) is 11.1 Å². The third-order valence-electron chi connectivity index (χ3n) is 4.49. The molecule has 1 aliphatic rings. The summed E-state index contributed by atoms with van der Waals surface area (Å²) in [6, 6.07) is 9.57. The number of hydrogen-bond acceptors (Lipinski definition) is 6. The fraction of sp³-hybridized carbons (Fsp3) is 0.278. The van der Waals surface area contributed by atoms with Gasteiger partial charge in [0.25, 0.3) is 0 Å². The Kier molecular flexibility index (Phi) is 4.33. The molecule has 3 aromatic rings. The molecule has 2 atom stereocenters. The van der Waals surface area contributed by atoms with Gasteiger partial charge in [-0.1, -0.05) is 30.3 Å². The fourth-order valence-corrected chi connectivity index (χ4v) is 4.11. The summed E-state index contributed by atoms with van der Waals surface area (Å²) in [6.45, 7) is 1.19. The van der Waals surface area contributed by atoms with Gasteiger partial charge in [0.1, 0.15) is 23.0 Å². The number of nitrogens with zero attached hydrogens (tertiary/aromatic N) is 2. The number of rotatable bonds is 5. The molecule has 0 unspecified atom stereocenters. The van der Waals surface area contributed by atoms with E-state index in [4.69, 9.17) is 10.5 Å². The Labute approximate surface area is 149 Å². The predicted octanol–water partition coefficient (Wildman–Crippen LogP) is 2.66. The number of carbonyl (C=O) groups is 1. The van der Waals surface area contributed by atoms with E-state index in [1.165, 1.54) is 6.33 Å². The van der Waals surface area contributed by atoms with E-state index >= 15 is 0 Å². The van der Waals surface area contributed by atoms with Crippen molar-refractivity contribution in [2.75, 3.05) is 18.5 Å². The molecule has 1 amide bonds. The van der Waals surface area contributed by atoms with Crippen molar-refractivity contribution in [2.24, 2.45) is 11.7 Å². The first kappa shape index (κ1) is 16.0. The van der Waals surface area contributed by atoms with Crippen LogP contribution in [0, 0.1) is 5.92 Å². The summed E-state index contributed by atoms with van der Waals surface area (Å²) >= 11 is 1.56. The van der Waals surface area contributed by atoms with Gasteiger partial charge in [-0.05, 0) is 12.0 Å². The van der Waals surface area contributed by atoms with Gasteiger partial charge in [-0.2, -0.15) is 0 Å². The number of nitrogens with two attached hydrogens (primary N) is 1. The summed E-state index contributed by atoms with van der Waals surface area (Å²) in [5.74, 6) is 0.306. The number of hydrogen-bond donors (Lipinski definition) is 2. The highest BCUT2D eigenvalue weighted by Gasteiger charge is 2.31. The third kappa shape index (κ3) is 3.08. The molecule has 7 heteroatoms. The van der Waals surface area contributed by atoms with Gasteiger partial charge in [-0.3, -0.25) is 4.79 Å². The number of primary amides is 1. The summed E-state index contributed by atoms with van der Waals surface area (Å²) in [5, 5.41) is 6.25. The zero-order chi connectivity index (χ0) is 17.2. The second-order valence-corrected chi connectivity index (χ2v) is 6.92. The lowest BCUT2D eigenvalue weighted by atomic mass is 9.98. The van der Waals surface area contributed by atoms with Crippen molar-refractivity contribution in [1.29, 1.82) is 0 Å². The molecule has 0 bridgehead atoms. The van der Waals surface area contributed by atoms with Gasteiger partial charge in [0.05, 0.1) is 12.0 Å². The van der Waals surface area contributed by atoms with Gasteiger partial charge < -0.3 is 15.8 Å². The van der Waals surface area contributed by atoms with Gasteiger partial charge in [0.15, 0.2) is 0 Å². The van der Waals surface area contributed by atoms with Crippen LogP contribution in [0.4, 0.5) is 5.82 Å². The lowest BCUT2D eigenvalue weighted by Gasteiger charge is -2.21. The normalized spacial score (nSPS) is 18.3. The predicted molar refractivity (Wildman–Crippen MR) is 98.4 cm³/mol. The Morgan fingerprint density at radius 3 is 2.88 bits per heavy atom. The molecule has 25 heavy (non-hydrogen) atoms. The Morgan fingerprint density at radius 2 is 2.16 bits per heavy atom. The first-order chi connectivity index (χ1) is 12.2. The maximum Gasteiger partial charge on any atom is 0.240 e. The summed E-state index contributed by atoms with van der Waals surface area (Å²) in [5.41, 5.74) is 7.77. The highest BCUT2D eigenvalue weighted by molar-refractivity contribution is 7.17. The van der Waals surface area contributed by atoms with E-state index in [1.54, 1.807) is 11.3 Å². The number of carbonyl (C=O) groups excluding carboxylic acids is 1. The first-order valence-electron chi connectivity index (χ1n) is 8.15. The van der Waals surface area contributed by atoms with Crippen molar-refractivity contribution in [1.82, 2.24) is 9.97 Å². The maximum atomic E-state index is 12.0. The highest BCUT2D eigenvalue weighted by atomic mass is 32.1. The lowest BCUT2D eigenvalue weighted by Crippen LogP contribution is -2.42. The second-order valence-electron chi connectivity index (χ2n) is 6.07. The Hall–Kier alpha value is -2.51. The minimum Gasteiger partial charge on any atom is -0.381 e. The van der Waals surface area contributed by atoms with Crippen LogP contribution in [0.3, 0.4) is 0 Å². The smallest absolute Gasteiger partial charge is 0.240 e. The molecule has 0 aliphatic carbocycles. The molecule has 3 heterocycles. The molecule has 1 saturated heterocycles. The monoisotopic (exact) mass is 354 g/mol. The van der Waals surface area contributed by atoms with Crippen LogP contribution in [0.5, 0.6) is 0 Å². The highest BCUT2D eigenvalue weighted by Crippen LogP contribution is 2.37. The summed E-state index contributed by atoms with van der Waals surface area (Å²) in [6.07, 6.45) is 2.32. The molecular weight excluding hydrogens is 336 g/mol. The molecule has 4 rings (SSSR count). The van der Waals surface area contributed by atoms with E-state index in [2.05, 4.69) is 32.8 Å². The van der Waals surface area contributed by atoms with Gasteiger partial charge in [-0.25, -0.2) is 9.97 Å². The molecule has 6 nitrogen and oxygen atoms in total. The topological polar surface area (TPSA) is 90.1 Å². The molecule has 0 spiro atoms. The largest absolute Gasteiger partial charge is 0.381 e. The molecular formula is C18H18N4O2S. The van der Waals surface area contributed by atoms with Crippen LogP contribution in [0.1, 0.15) is 6.42 Å². The number of ether oxygens (including phenoxy) is 1. The number of aromatic nitrogens is 2. The van der Waals surface area contributed by atoms with Crippen LogP contribution in [0.25, 0.3) is 21.3 Å². The number of nitrogens with one attached hydrogen (secondary N) is 1. The Morgan fingerprint density at radius 1 is 1.32 bits per heavy atom. The molecule has 128 valence electrons. The molecule has 0 saturated carbocycles. The Balaban J connectivity index is 1.76. The lowest BCUT2D eigenvalue weighted by molar-refractivity contribution is -0.119. The summed E-state index contributed by atoms with van der Waals surface area (Å²) in [7, 11) is 0. The molecule has 0 radical (unpaired) electrons.